The molecule has 0 radical (unpaired) electrons. The number of nitrogens with zero attached hydrogens (tertiary/aromatic N) is 2. The second kappa shape index (κ2) is 23.8. The molecule has 3 aliphatic rings. The van der Waals surface area contributed by atoms with Gasteiger partial charge in [0, 0.05) is 43.1 Å². The zero-order chi connectivity index (χ0) is 52.7. The molecule has 0 bridgehead atoms. The summed E-state index contributed by atoms with van der Waals surface area (Å²) in [6, 6.07) is 9.37. The summed E-state index contributed by atoms with van der Waals surface area (Å²) in [6.07, 6.45) is 3.04. The lowest BCUT2D eigenvalue weighted by Crippen LogP contribution is -2.60. The highest BCUT2D eigenvalue weighted by Gasteiger charge is 2.48. The average molecular weight is 983 g/mol. The fourth-order valence-corrected chi connectivity index (χ4v) is 9.84. The lowest BCUT2D eigenvalue weighted by Gasteiger charge is -2.36. The third-order valence-electron chi connectivity index (χ3n) is 14.9. The molecule has 2 saturated heterocycles. The number of aryl methyl sites for hydroxylation is 1. The number of nitrogens with one attached hydrogen (secondary N) is 6. The van der Waals surface area contributed by atoms with Gasteiger partial charge in [0.15, 0.2) is 11.6 Å². The highest BCUT2D eigenvalue weighted by Crippen LogP contribution is 2.35. The van der Waals surface area contributed by atoms with Crippen molar-refractivity contribution in [1.29, 1.82) is 0 Å². The van der Waals surface area contributed by atoms with Crippen molar-refractivity contribution in [2.45, 2.75) is 169 Å². The molecule has 6 amide bonds. The maximum absolute atomic E-state index is 14.7. The number of Topliss-reactive ketones (excluding diaryl/α,β-unsaturated/α-hetero) is 2. The number of benzene rings is 2. The number of likely N-dealkylation sites (tertiary alicyclic amines) is 2. The first kappa shape index (κ1) is 56.4. The van der Waals surface area contributed by atoms with E-state index in [-0.39, 0.29) is 92.0 Å². The van der Waals surface area contributed by atoms with Gasteiger partial charge in [-0.25, -0.2) is 0 Å². The molecule has 2 heterocycles. The minimum Gasteiger partial charge on any atom is -0.352 e. The summed E-state index contributed by atoms with van der Waals surface area (Å²) in [6.45, 7) is 20.7. The van der Waals surface area contributed by atoms with E-state index in [1.165, 1.54) is 15.4 Å². The number of amides is 6. The van der Waals surface area contributed by atoms with Crippen LogP contribution in [0.1, 0.15) is 153 Å². The fraction of sp³-hybridized carbons (Fsp3) is 0.636. The van der Waals surface area contributed by atoms with Crippen LogP contribution in [0.3, 0.4) is 0 Å². The van der Waals surface area contributed by atoms with Crippen LogP contribution in [0.5, 0.6) is 0 Å². The van der Waals surface area contributed by atoms with Crippen LogP contribution in [0.2, 0.25) is 0 Å². The minimum absolute atomic E-state index is 0.00463. The van der Waals surface area contributed by atoms with E-state index in [0.29, 0.717) is 11.1 Å². The smallest absolute Gasteiger partial charge is 0.246 e. The van der Waals surface area contributed by atoms with Gasteiger partial charge in [0.1, 0.15) is 24.2 Å². The molecular formula is C55H82N8O8. The van der Waals surface area contributed by atoms with Gasteiger partial charge in [-0.3, -0.25) is 38.4 Å². The number of carbonyl (C=O) groups is 8. The van der Waals surface area contributed by atoms with Crippen molar-refractivity contribution in [1.82, 2.24) is 41.7 Å². The van der Waals surface area contributed by atoms with Crippen molar-refractivity contribution in [2.75, 3.05) is 27.2 Å². The zero-order valence-corrected chi connectivity index (χ0v) is 44.5. The van der Waals surface area contributed by atoms with E-state index in [2.05, 4.69) is 38.0 Å². The SMILES string of the molecule is CN[C@@H](C)C(=O)N[C@H](C(=O)N1C[C@@H](CC(=O)c2cccc(C(=O)C[C@H]3C[C@@H](C(=O)N[C@@H]4CCCc5ccccc54)N(C(=O)[C@@H](NC(=O)[C@H](C)NC)C(C)(C)C)C3)c2)CC1C(=O)N[C@H](C)C(C)C)C(C)(C)C. The summed E-state index contributed by atoms with van der Waals surface area (Å²) >= 11 is 0. The Morgan fingerprint density at radius 1 is 0.620 bits per heavy atom. The van der Waals surface area contributed by atoms with Crippen molar-refractivity contribution in [3.63, 3.8) is 0 Å². The summed E-state index contributed by atoms with van der Waals surface area (Å²) in [5.41, 5.74) is 1.44. The largest absolute Gasteiger partial charge is 0.352 e. The maximum atomic E-state index is 14.7. The first-order valence-electron chi connectivity index (χ1n) is 25.7. The molecule has 0 saturated carbocycles. The Bertz CT molecular complexity index is 2280. The van der Waals surface area contributed by atoms with Crippen molar-refractivity contribution in [3.8, 4) is 0 Å². The second-order valence-corrected chi connectivity index (χ2v) is 22.9. The number of hydrogen-bond donors (Lipinski definition) is 6. The zero-order valence-electron chi connectivity index (χ0n) is 44.5. The molecule has 2 fully saturated rings. The summed E-state index contributed by atoms with van der Waals surface area (Å²) in [7, 11) is 3.32. The normalized spacial score (nSPS) is 22.4. The Labute approximate surface area is 421 Å². The number of fused-ring (bicyclic) bond motifs is 1. The number of rotatable bonds is 19. The lowest BCUT2D eigenvalue weighted by molar-refractivity contribution is -0.144. The standard InChI is InChI=1S/C55H82N8O8/c1-31(2)32(3)58-50(68)42-24-35(29-62(42)52(70)46(54(6,7)8)60-48(66)33(4)56-12)26-44(64)38-20-16-21-39(28-38)45(65)27-36-25-43(51(69)59-41-23-17-19-37-18-14-15-22-40(37)41)63(30-36)53(71)47(55(9,10)11)61-49(67)34(5)57-13/h14-16,18,20-22,28,31-36,41-43,46-47,56-57H,17,19,23-27,29-30H2,1-13H3,(H,58,68)(H,59,69)(H,60,66)(H,61,67)/t32-,33+,34+,35-,36-,41-,42?,43+,46-,47-/m1/s1. The van der Waals surface area contributed by atoms with Gasteiger partial charge in [-0.15, -0.1) is 0 Å². The molecule has 5 rings (SSSR count). The third kappa shape index (κ3) is 14.1. The first-order chi connectivity index (χ1) is 33.2. The molecule has 10 atom stereocenters. The molecule has 16 heteroatoms. The topological polar surface area (TPSA) is 215 Å². The molecule has 2 aromatic carbocycles. The molecule has 1 unspecified atom stereocenters. The Kier molecular flexibility index (Phi) is 18.9. The van der Waals surface area contributed by atoms with E-state index in [4.69, 9.17) is 0 Å². The molecular weight excluding hydrogens is 901 g/mol. The lowest BCUT2D eigenvalue weighted by atomic mass is 9.85. The fourth-order valence-electron chi connectivity index (χ4n) is 9.84. The summed E-state index contributed by atoms with van der Waals surface area (Å²) < 4.78 is 0. The van der Waals surface area contributed by atoms with Gasteiger partial charge in [0.05, 0.1) is 18.1 Å². The molecule has 1 aliphatic carbocycles. The van der Waals surface area contributed by atoms with E-state index < -0.39 is 70.7 Å². The number of ketones is 2. The molecule has 0 spiro atoms. The predicted molar refractivity (Wildman–Crippen MR) is 274 cm³/mol. The highest BCUT2D eigenvalue weighted by molar-refractivity contribution is 6.02. The van der Waals surface area contributed by atoms with Gasteiger partial charge in [-0.1, -0.05) is 97.9 Å². The van der Waals surface area contributed by atoms with E-state index in [9.17, 15) is 38.4 Å². The maximum Gasteiger partial charge on any atom is 0.246 e. The monoisotopic (exact) mass is 983 g/mol. The second-order valence-electron chi connectivity index (χ2n) is 22.9. The van der Waals surface area contributed by atoms with Crippen LogP contribution in [-0.2, 0) is 35.2 Å². The quantitative estimate of drug-likeness (QED) is 0.105. The van der Waals surface area contributed by atoms with Crippen LogP contribution in [0.15, 0.2) is 48.5 Å². The highest BCUT2D eigenvalue weighted by atomic mass is 16.2. The third-order valence-corrected chi connectivity index (χ3v) is 14.9. The Balaban J connectivity index is 1.35. The Morgan fingerprint density at radius 3 is 1.54 bits per heavy atom. The van der Waals surface area contributed by atoms with Crippen LogP contribution < -0.4 is 31.9 Å². The Morgan fingerprint density at radius 2 is 1.08 bits per heavy atom. The average Bonchev–Trinajstić information content (AvgIpc) is 3.95. The minimum atomic E-state index is -0.958. The van der Waals surface area contributed by atoms with E-state index in [1.54, 1.807) is 52.2 Å². The van der Waals surface area contributed by atoms with Crippen LogP contribution in [0.4, 0.5) is 0 Å². The first-order valence-corrected chi connectivity index (χ1v) is 25.7. The van der Waals surface area contributed by atoms with Crippen LogP contribution in [-0.4, -0.2) is 126 Å². The number of hydrogen-bond acceptors (Lipinski definition) is 10. The van der Waals surface area contributed by atoms with E-state index in [0.717, 1.165) is 24.8 Å². The van der Waals surface area contributed by atoms with Crippen molar-refractivity contribution >= 4 is 47.0 Å². The molecule has 0 aromatic heterocycles. The number of likely N-dealkylation sites (N-methyl/N-ethyl adjacent to an activating group) is 2. The van der Waals surface area contributed by atoms with Gasteiger partial charge >= 0.3 is 0 Å². The van der Waals surface area contributed by atoms with Gasteiger partial charge in [0.25, 0.3) is 0 Å². The van der Waals surface area contributed by atoms with Gasteiger partial charge < -0.3 is 41.7 Å². The molecule has 2 aliphatic heterocycles. The van der Waals surface area contributed by atoms with E-state index in [1.807, 2.05) is 80.5 Å². The molecule has 16 nitrogen and oxygen atoms in total. The van der Waals surface area contributed by atoms with Crippen molar-refractivity contribution in [2.24, 2.45) is 28.6 Å². The van der Waals surface area contributed by atoms with Crippen molar-refractivity contribution in [3.05, 3.63) is 70.8 Å². The van der Waals surface area contributed by atoms with Crippen molar-refractivity contribution < 1.29 is 38.4 Å². The molecule has 2 aromatic rings. The summed E-state index contributed by atoms with van der Waals surface area (Å²) in [5.74, 6) is -3.30. The Hall–Kier alpha value is -5.48. The number of carbonyl (C=O) groups excluding carboxylic acids is 8. The van der Waals surface area contributed by atoms with Gasteiger partial charge in [-0.2, -0.15) is 0 Å². The summed E-state index contributed by atoms with van der Waals surface area (Å²) in [5, 5.41) is 18.0. The molecule has 71 heavy (non-hydrogen) atoms. The van der Waals surface area contributed by atoms with Crippen LogP contribution in [0.25, 0.3) is 0 Å². The molecule has 6 N–H and O–H groups in total. The van der Waals surface area contributed by atoms with Crippen LogP contribution in [0, 0.1) is 28.6 Å². The van der Waals surface area contributed by atoms with Gasteiger partial charge in [0.2, 0.25) is 35.4 Å². The van der Waals surface area contributed by atoms with Crippen LogP contribution >= 0.6 is 0 Å². The van der Waals surface area contributed by atoms with Gasteiger partial charge in [-0.05, 0) is 113 Å². The summed E-state index contributed by atoms with van der Waals surface area (Å²) in [4.78, 5) is 115. The van der Waals surface area contributed by atoms with E-state index >= 15 is 0 Å². The molecule has 390 valence electrons. The predicted octanol–water partition coefficient (Wildman–Crippen LogP) is 4.90.